The standard InChI is InChI=1S/C26H28F2N4O3/c1-29-12-10-26(34,19-5-3-6-20(27)15-19)35-21-9-8-18(23(28)16-21)17-32-14-13-31(2)24-22(25(32)33)7-4-11-30-24/h3-9,11,15-16,29,34H,10,12-14,17H2,1-2H3. The summed E-state index contributed by atoms with van der Waals surface area (Å²) in [5, 5.41) is 14.1. The molecule has 2 N–H and O–H groups in total. The van der Waals surface area contributed by atoms with Crippen molar-refractivity contribution in [2.75, 3.05) is 38.6 Å². The number of rotatable bonds is 8. The number of carbonyl (C=O) groups excluding carboxylic acids is 1. The van der Waals surface area contributed by atoms with Crippen LogP contribution in [0.1, 0.15) is 27.9 Å². The first-order valence-electron chi connectivity index (χ1n) is 11.4. The summed E-state index contributed by atoms with van der Waals surface area (Å²) in [6, 6.07) is 13.1. The summed E-state index contributed by atoms with van der Waals surface area (Å²) in [7, 11) is 3.58. The maximum Gasteiger partial charge on any atom is 0.257 e. The first-order valence-corrected chi connectivity index (χ1v) is 11.4. The van der Waals surface area contributed by atoms with E-state index in [-0.39, 0.29) is 30.2 Å². The Morgan fingerprint density at radius 1 is 1.14 bits per heavy atom. The molecule has 0 saturated heterocycles. The number of carbonyl (C=O) groups is 1. The Kier molecular flexibility index (Phi) is 7.28. The first kappa shape index (κ1) is 24.6. The number of ether oxygens (including phenoxy) is 1. The minimum atomic E-state index is -1.86. The highest BCUT2D eigenvalue weighted by Gasteiger charge is 2.32. The molecule has 4 rings (SSSR count). The summed E-state index contributed by atoms with van der Waals surface area (Å²) in [6.45, 7) is 1.42. The average Bonchev–Trinajstić information content (AvgIpc) is 2.96. The molecule has 0 bridgehead atoms. The number of aliphatic hydroxyl groups is 1. The molecule has 7 nitrogen and oxygen atoms in total. The monoisotopic (exact) mass is 482 g/mol. The predicted molar refractivity (Wildman–Crippen MR) is 128 cm³/mol. The fraction of sp³-hybridized carbons (Fsp3) is 0.308. The Balaban J connectivity index is 1.55. The van der Waals surface area contributed by atoms with E-state index in [1.54, 1.807) is 36.3 Å². The van der Waals surface area contributed by atoms with Gasteiger partial charge in [-0.15, -0.1) is 0 Å². The molecule has 9 heteroatoms. The van der Waals surface area contributed by atoms with Gasteiger partial charge in [0.25, 0.3) is 5.91 Å². The zero-order valence-corrected chi connectivity index (χ0v) is 19.7. The van der Waals surface area contributed by atoms with Crippen LogP contribution in [0.2, 0.25) is 0 Å². The van der Waals surface area contributed by atoms with Crippen LogP contribution in [0.4, 0.5) is 14.6 Å². The summed E-state index contributed by atoms with van der Waals surface area (Å²) in [6.07, 6.45) is 1.75. The Morgan fingerprint density at radius 3 is 2.71 bits per heavy atom. The number of hydrogen-bond acceptors (Lipinski definition) is 6. The Morgan fingerprint density at radius 2 is 1.97 bits per heavy atom. The van der Waals surface area contributed by atoms with Gasteiger partial charge in [0.15, 0.2) is 0 Å². The van der Waals surface area contributed by atoms with Gasteiger partial charge in [-0.2, -0.15) is 0 Å². The van der Waals surface area contributed by atoms with Crippen molar-refractivity contribution in [3.8, 4) is 5.75 Å². The predicted octanol–water partition coefficient (Wildman–Crippen LogP) is 3.29. The van der Waals surface area contributed by atoms with Crippen molar-refractivity contribution in [1.82, 2.24) is 15.2 Å². The van der Waals surface area contributed by atoms with Crippen LogP contribution in [0.15, 0.2) is 60.8 Å². The lowest BCUT2D eigenvalue weighted by Gasteiger charge is -2.30. The molecule has 1 amide bonds. The van der Waals surface area contributed by atoms with E-state index in [1.165, 1.54) is 36.4 Å². The van der Waals surface area contributed by atoms with Crippen LogP contribution >= 0.6 is 0 Å². The molecule has 1 aliphatic heterocycles. The Bertz CT molecular complexity index is 1210. The van der Waals surface area contributed by atoms with Gasteiger partial charge in [-0.25, -0.2) is 13.8 Å². The molecule has 35 heavy (non-hydrogen) atoms. The van der Waals surface area contributed by atoms with E-state index < -0.39 is 17.4 Å². The van der Waals surface area contributed by atoms with Gasteiger partial charge in [-0.3, -0.25) is 4.79 Å². The summed E-state index contributed by atoms with van der Waals surface area (Å²) >= 11 is 0. The third-order valence-corrected chi connectivity index (χ3v) is 6.03. The molecule has 0 spiro atoms. The van der Waals surface area contributed by atoms with Crippen molar-refractivity contribution in [2.24, 2.45) is 0 Å². The van der Waals surface area contributed by atoms with Crippen LogP contribution in [0, 0.1) is 11.6 Å². The molecule has 0 aliphatic carbocycles. The van der Waals surface area contributed by atoms with E-state index in [1.807, 2.05) is 11.9 Å². The smallest absolute Gasteiger partial charge is 0.257 e. The van der Waals surface area contributed by atoms with Crippen molar-refractivity contribution in [2.45, 2.75) is 18.8 Å². The van der Waals surface area contributed by atoms with E-state index in [0.29, 0.717) is 36.6 Å². The number of nitrogens with zero attached hydrogens (tertiary/aromatic N) is 3. The Hall–Kier alpha value is -3.56. The van der Waals surface area contributed by atoms with Gasteiger partial charge in [0.05, 0.1) is 5.56 Å². The second-order valence-electron chi connectivity index (χ2n) is 8.53. The molecule has 0 saturated carbocycles. The van der Waals surface area contributed by atoms with Gasteiger partial charge < -0.3 is 25.0 Å². The number of anilines is 1. The summed E-state index contributed by atoms with van der Waals surface area (Å²) in [4.78, 5) is 20.9. The molecule has 1 aliphatic rings. The van der Waals surface area contributed by atoms with Crippen molar-refractivity contribution in [3.63, 3.8) is 0 Å². The summed E-state index contributed by atoms with van der Waals surface area (Å²) in [5.41, 5.74) is 1.01. The number of likely N-dealkylation sites (N-methyl/N-ethyl adjacent to an activating group) is 1. The third kappa shape index (κ3) is 5.41. The fourth-order valence-electron chi connectivity index (χ4n) is 4.07. The molecular weight excluding hydrogens is 454 g/mol. The van der Waals surface area contributed by atoms with Gasteiger partial charge in [0.2, 0.25) is 5.79 Å². The maximum atomic E-state index is 15.1. The van der Waals surface area contributed by atoms with Gasteiger partial charge >= 0.3 is 0 Å². The normalized spacial score (nSPS) is 15.4. The zero-order chi connectivity index (χ0) is 25.0. The van der Waals surface area contributed by atoms with Crippen LogP contribution in [-0.2, 0) is 12.3 Å². The lowest BCUT2D eigenvalue weighted by Crippen LogP contribution is -2.36. The van der Waals surface area contributed by atoms with E-state index in [9.17, 15) is 14.3 Å². The molecule has 1 atom stereocenters. The maximum absolute atomic E-state index is 15.1. The first-order chi connectivity index (χ1) is 16.8. The van der Waals surface area contributed by atoms with E-state index in [0.717, 1.165) is 0 Å². The van der Waals surface area contributed by atoms with Crippen molar-refractivity contribution in [1.29, 1.82) is 0 Å². The van der Waals surface area contributed by atoms with Gasteiger partial charge in [-0.1, -0.05) is 18.2 Å². The number of amides is 1. The second-order valence-corrected chi connectivity index (χ2v) is 8.53. The fourth-order valence-corrected chi connectivity index (χ4v) is 4.07. The number of halogens is 2. The zero-order valence-electron chi connectivity index (χ0n) is 19.7. The molecule has 2 heterocycles. The lowest BCUT2D eigenvalue weighted by molar-refractivity contribution is -0.150. The number of pyridine rings is 1. The number of fused-ring (bicyclic) bond motifs is 1. The van der Waals surface area contributed by atoms with E-state index >= 15 is 4.39 Å². The third-order valence-electron chi connectivity index (χ3n) is 6.03. The van der Waals surface area contributed by atoms with Gasteiger partial charge in [0.1, 0.15) is 23.2 Å². The average molecular weight is 483 g/mol. The highest BCUT2D eigenvalue weighted by molar-refractivity contribution is 5.99. The van der Waals surface area contributed by atoms with E-state index in [4.69, 9.17) is 4.74 Å². The topological polar surface area (TPSA) is 77.9 Å². The highest BCUT2D eigenvalue weighted by atomic mass is 19.1. The van der Waals surface area contributed by atoms with Crippen molar-refractivity contribution >= 4 is 11.7 Å². The molecule has 0 fully saturated rings. The molecule has 3 aromatic rings. The largest absolute Gasteiger partial charge is 0.458 e. The van der Waals surface area contributed by atoms with Crippen LogP contribution in [-0.4, -0.2) is 54.6 Å². The molecule has 2 aromatic carbocycles. The molecule has 1 aromatic heterocycles. The van der Waals surface area contributed by atoms with Gasteiger partial charge in [0, 0.05) is 63.0 Å². The minimum absolute atomic E-state index is 0.0705. The van der Waals surface area contributed by atoms with E-state index in [2.05, 4.69) is 10.3 Å². The number of benzene rings is 2. The van der Waals surface area contributed by atoms with Crippen LogP contribution in [0.3, 0.4) is 0 Å². The van der Waals surface area contributed by atoms with Crippen LogP contribution in [0.25, 0.3) is 0 Å². The SMILES string of the molecule is CNCCC(O)(Oc1ccc(CN2CCN(C)c3ncccc3C2=O)c(F)c1)c1cccc(F)c1. The quantitative estimate of drug-likeness (QED) is 0.480. The van der Waals surface area contributed by atoms with Crippen molar-refractivity contribution in [3.05, 3.63) is 89.1 Å². The lowest BCUT2D eigenvalue weighted by atomic mass is 10.0. The van der Waals surface area contributed by atoms with Crippen LogP contribution in [0.5, 0.6) is 5.75 Å². The second kappa shape index (κ2) is 10.4. The summed E-state index contributed by atoms with van der Waals surface area (Å²) in [5.74, 6) is -2.48. The number of hydrogen-bond donors (Lipinski definition) is 2. The minimum Gasteiger partial charge on any atom is -0.458 e. The number of aromatic nitrogens is 1. The number of nitrogens with one attached hydrogen (secondary N) is 1. The molecule has 1 unspecified atom stereocenters. The molecular formula is C26H28F2N4O3. The van der Waals surface area contributed by atoms with Crippen molar-refractivity contribution < 1.29 is 23.4 Å². The van der Waals surface area contributed by atoms with Gasteiger partial charge in [-0.05, 0) is 37.4 Å². The summed E-state index contributed by atoms with van der Waals surface area (Å²) < 4.78 is 34.7. The Labute approximate surface area is 203 Å². The molecule has 0 radical (unpaired) electrons. The molecule has 184 valence electrons. The highest BCUT2D eigenvalue weighted by Crippen LogP contribution is 2.31. The van der Waals surface area contributed by atoms with Crippen LogP contribution < -0.4 is 15.0 Å².